The molecule has 2 heterocycles. The van der Waals surface area contributed by atoms with Crippen molar-refractivity contribution in [1.82, 2.24) is 9.80 Å². The van der Waals surface area contributed by atoms with Crippen LogP contribution in [0.25, 0.3) is 0 Å². The van der Waals surface area contributed by atoms with Crippen molar-refractivity contribution in [3.05, 3.63) is 53.7 Å². The Kier molecular flexibility index (Phi) is 5.37. The third-order valence-electron chi connectivity index (χ3n) is 4.71. The molecule has 1 aliphatic rings. The second-order valence-electron chi connectivity index (χ2n) is 6.39. The lowest BCUT2D eigenvalue weighted by Gasteiger charge is -2.37. The Balaban J connectivity index is 1.54. The summed E-state index contributed by atoms with van der Waals surface area (Å²) in [5, 5.41) is 2.73. The van der Waals surface area contributed by atoms with E-state index < -0.39 is 5.82 Å². The molecule has 0 aliphatic carbocycles. The van der Waals surface area contributed by atoms with Gasteiger partial charge in [0, 0.05) is 31.9 Å². The molecule has 0 saturated carbocycles. The smallest absolute Gasteiger partial charge is 0.257 e. The molecule has 0 spiro atoms. The molecular formula is C19H22FN3O3. The highest BCUT2D eigenvalue weighted by atomic mass is 19.1. The molecule has 1 atom stereocenters. The van der Waals surface area contributed by atoms with E-state index in [1.807, 2.05) is 11.8 Å². The number of carbonyl (C=O) groups is 2. The summed E-state index contributed by atoms with van der Waals surface area (Å²) in [5.41, 5.74) is 1.02. The lowest BCUT2D eigenvalue weighted by atomic mass is 10.1. The predicted octanol–water partition coefficient (Wildman–Crippen LogP) is 2.51. The quantitative estimate of drug-likeness (QED) is 0.911. The number of nitrogens with zero attached hydrogens (tertiary/aromatic N) is 2. The number of carbonyl (C=O) groups excluding carboxylic acids is 2. The van der Waals surface area contributed by atoms with E-state index in [1.54, 1.807) is 30.0 Å². The van der Waals surface area contributed by atoms with Gasteiger partial charge in [-0.3, -0.25) is 14.5 Å². The van der Waals surface area contributed by atoms with Crippen molar-refractivity contribution in [2.75, 3.05) is 31.5 Å². The molecule has 2 amide bonds. The fraction of sp³-hybridized carbons (Fsp3) is 0.368. The van der Waals surface area contributed by atoms with Gasteiger partial charge in [-0.1, -0.05) is 6.07 Å². The molecule has 1 unspecified atom stereocenters. The molecule has 7 heteroatoms. The molecule has 1 aromatic carbocycles. The van der Waals surface area contributed by atoms with E-state index in [2.05, 4.69) is 5.32 Å². The van der Waals surface area contributed by atoms with Gasteiger partial charge in [0.15, 0.2) is 0 Å². The minimum absolute atomic E-state index is 0.0484. The molecule has 6 nitrogen and oxygen atoms in total. The van der Waals surface area contributed by atoms with Crippen molar-refractivity contribution in [2.24, 2.45) is 0 Å². The number of hydrogen-bond donors (Lipinski definition) is 1. The molecule has 138 valence electrons. The molecular weight excluding hydrogens is 337 g/mol. The van der Waals surface area contributed by atoms with Crippen LogP contribution in [0.1, 0.15) is 23.0 Å². The van der Waals surface area contributed by atoms with E-state index in [9.17, 15) is 14.0 Å². The standard InChI is InChI=1S/C19H22FN3O3/c1-13(18(24)21-16-5-3-4-15(20)12-16)22-7-9-23(10-8-22)19(25)17-6-11-26-14(17)2/h3-6,11-13H,7-10H2,1-2H3,(H,21,24). The second kappa shape index (κ2) is 7.70. The zero-order valence-corrected chi connectivity index (χ0v) is 14.9. The Hall–Kier alpha value is -2.67. The predicted molar refractivity (Wildman–Crippen MR) is 95.4 cm³/mol. The van der Waals surface area contributed by atoms with Gasteiger partial charge in [-0.05, 0) is 38.1 Å². The van der Waals surface area contributed by atoms with E-state index in [-0.39, 0.29) is 17.9 Å². The van der Waals surface area contributed by atoms with Gasteiger partial charge in [0.1, 0.15) is 11.6 Å². The van der Waals surface area contributed by atoms with E-state index >= 15 is 0 Å². The largest absolute Gasteiger partial charge is 0.469 e. The normalized spacial score (nSPS) is 16.3. The average Bonchev–Trinajstić information content (AvgIpc) is 3.06. The highest BCUT2D eigenvalue weighted by Gasteiger charge is 2.28. The first kappa shape index (κ1) is 18.1. The Labute approximate surface area is 151 Å². The van der Waals surface area contributed by atoms with Crippen molar-refractivity contribution in [3.63, 3.8) is 0 Å². The topological polar surface area (TPSA) is 65.8 Å². The molecule has 26 heavy (non-hydrogen) atoms. The number of nitrogens with one attached hydrogen (secondary N) is 1. The van der Waals surface area contributed by atoms with Gasteiger partial charge in [0.25, 0.3) is 5.91 Å². The Morgan fingerprint density at radius 2 is 1.92 bits per heavy atom. The first-order valence-corrected chi connectivity index (χ1v) is 8.59. The minimum Gasteiger partial charge on any atom is -0.469 e. The SMILES string of the molecule is Cc1occc1C(=O)N1CCN(C(C)C(=O)Nc2cccc(F)c2)CC1. The first-order valence-electron chi connectivity index (χ1n) is 8.59. The third kappa shape index (κ3) is 3.94. The number of amides is 2. The number of halogens is 1. The zero-order valence-electron chi connectivity index (χ0n) is 14.9. The third-order valence-corrected chi connectivity index (χ3v) is 4.71. The van der Waals surface area contributed by atoms with Crippen LogP contribution >= 0.6 is 0 Å². The maximum absolute atomic E-state index is 13.2. The van der Waals surface area contributed by atoms with Crippen molar-refractivity contribution in [1.29, 1.82) is 0 Å². The second-order valence-corrected chi connectivity index (χ2v) is 6.39. The Bertz CT molecular complexity index is 797. The van der Waals surface area contributed by atoms with Crippen LogP contribution in [-0.2, 0) is 4.79 Å². The molecule has 1 saturated heterocycles. The zero-order chi connectivity index (χ0) is 18.7. The van der Waals surface area contributed by atoms with E-state index in [4.69, 9.17) is 4.42 Å². The summed E-state index contributed by atoms with van der Waals surface area (Å²) < 4.78 is 18.4. The Morgan fingerprint density at radius 3 is 2.54 bits per heavy atom. The van der Waals surface area contributed by atoms with Crippen LogP contribution in [0.2, 0.25) is 0 Å². The van der Waals surface area contributed by atoms with Crippen LogP contribution in [0.4, 0.5) is 10.1 Å². The summed E-state index contributed by atoms with van der Waals surface area (Å²) in [6.07, 6.45) is 1.51. The van der Waals surface area contributed by atoms with Crippen LogP contribution in [0.5, 0.6) is 0 Å². The molecule has 3 rings (SSSR count). The van der Waals surface area contributed by atoms with E-state index in [1.165, 1.54) is 18.4 Å². The van der Waals surface area contributed by atoms with Crippen LogP contribution in [0, 0.1) is 12.7 Å². The van der Waals surface area contributed by atoms with Crippen molar-refractivity contribution >= 4 is 17.5 Å². The maximum Gasteiger partial charge on any atom is 0.257 e. The van der Waals surface area contributed by atoms with Crippen LogP contribution < -0.4 is 5.32 Å². The minimum atomic E-state index is -0.392. The summed E-state index contributed by atoms with van der Waals surface area (Å²) in [7, 11) is 0. The van der Waals surface area contributed by atoms with Crippen LogP contribution in [0.3, 0.4) is 0 Å². The molecule has 0 radical (unpaired) electrons. The monoisotopic (exact) mass is 359 g/mol. The fourth-order valence-electron chi connectivity index (χ4n) is 3.07. The summed E-state index contributed by atoms with van der Waals surface area (Å²) in [6.45, 7) is 5.86. The van der Waals surface area contributed by atoms with Crippen LogP contribution in [-0.4, -0.2) is 53.8 Å². The van der Waals surface area contributed by atoms with Gasteiger partial charge in [0.05, 0.1) is 17.9 Å². The van der Waals surface area contributed by atoms with Gasteiger partial charge < -0.3 is 14.6 Å². The van der Waals surface area contributed by atoms with E-state index in [0.717, 1.165) is 0 Å². The lowest BCUT2D eigenvalue weighted by Crippen LogP contribution is -2.54. The number of furan rings is 1. The summed E-state index contributed by atoms with van der Waals surface area (Å²) >= 11 is 0. The number of anilines is 1. The summed E-state index contributed by atoms with van der Waals surface area (Å²) in [4.78, 5) is 28.7. The highest BCUT2D eigenvalue weighted by Crippen LogP contribution is 2.16. The summed E-state index contributed by atoms with van der Waals surface area (Å²) in [5.74, 6) is -0.0220. The van der Waals surface area contributed by atoms with Crippen molar-refractivity contribution in [2.45, 2.75) is 19.9 Å². The van der Waals surface area contributed by atoms with Gasteiger partial charge in [-0.2, -0.15) is 0 Å². The number of hydrogen-bond acceptors (Lipinski definition) is 4. The van der Waals surface area contributed by atoms with Gasteiger partial charge in [0.2, 0.25) is 5.91 Å². The van der Waals surface area contributed by atoms with E-state index in [0.29, 0.717) is 43.2 Å². The van der Waals surface area contributed by atoms with Gasteiger partial charge in [-0.25, -0.2) is 4.39 Å². The number of rotatable bonds is 4. The number of benzene rings is 1. The van der Waals surface area contributed by atoms with Crippen molar-refractivity contribution in [3.8, 4) is 0 Å². The summed E-state index contributed by atoms with van der Waals surface area (Å²) in [6, 6.07) is 7.13. The molecule has 1 aromatic heterocycles. The average molecular weight is 359 g/mol. The molecule has 1 N–H and O–H groups in total. The molecule has 0 bridgehead atoms. The van der Waals surface area contributed by atoms with Gasteiger partial charge >= 0.3 is 0 Å². The maximum atomic E-state index is 13.2. The molecule has 1 fully saturated rings. The molecule has 1 aliphatic heterocycles. The molecule has 2 aromatic rings. The number of piperazine rings is 1. The highest BCUT2D eigenvalue weighted by molar-refractivity contribution is 5.95. The fourth-order valence-corrected chi connectivity index (χ4v) is 3.07. The first-order chi connectivity index (χ1) is 12.5. The van der Waals surface area contributed by atoms with Crippen LogP contribution in [0.15, 0.2) is 41.0 Å². The van der Waals surface area contributed by atoms with Crippen molar-refractivity contribution < 1.29 is 18.4 Å². The Morgan fingerprint density at radius 1 is 1.19 bits per heavy atom. The number of aryl methyl sites for hydroxylation is 1. The van der Waals surface area contributed by atoms with Gasteiger partial charge in [-0.15, -0.1) is 0 Å². The lowest BCUT2D eigenvalue weighted by molar-refractivity contribution is -0.121.